The summed E-state index contributed by atoms with van der Waals surface area (Å²) in [6.07, 6.45) is 2.54. The van der Waals surface area contributed by atoms with E-state index >= 15 is 0 Å². The molecular formula is C30H25BrF3N3O5S2. The SMILES string of the molecule is CCc1nc(C)c(/C=C(\Cc2cccs2)C(=O)O)n1Cc1ccc2oc(-c3ccccc3NS(=O)(=O)C(F)(F)F)c(Br)c2c1. The summed E-state index contributed by atoms with van der Waals surface area (Å²) >= 11 is 4.98. The lowest BCUT2D eigenvalue weighted by Gasteiger charge is -2.13. The molecule has 3 heterocycles. The maximum atomic E-state index is 13.1. The number of benzene rings is 2. The van der Waals surface area contributed by atoms with Crippen LogP contribution < -0.4 is 4.72 Å². The van der Waals surface area contributed by atoms with Gasteiger partial charge >= 0.3 is 21.5 Å². The van der Waals surface area contributed by atoms with Crippen LogP contribution in [0.2, 0.25) is 0 Å². The van der Waals surface area contributed by atoms with Gasteiger partial charge in [-0.15, -0.1) is 11.3 Å². The zero-order valence-corrected chi connectivity index (χ0v) is 26.5. The molecule has 44 heavy (non-hydrogen) atoms. The van der Waals surface area contributed by atoms with Crippen molar-refractivity contribution in [1.82, 2.24) is 9.55 Å². The Morgan fingerprint density at radius 2 is 1.93 bits per heavy atom. The Bertz CT molecular complexity index is 2000. The van der Waals surface area contributed by atoms with E-state index in [4.69, 9.17) is 4.42 Å². The zero-order valence-electron chi connectivity index (χ0n) is 23.3. The van der Waals surface area contributed by atoms with Crippen molar-refractivity contribution < 1.29 is 35.9 Å². The fraction of sp³-hybridized carbons (Fsp3) is 0.200. The quantitative estimate of drug-likeness (QED) is 0.142. The smallest absolute Gasteiger partial charge is 0.478 e. The second-order valence-electron chi connectivity index (χ2n) is 9.84. The van der Waals surface area contributed by atoms with Crippen LogP contribution in [-0.2, 0) is 34.2 Å². The Hall–Kier alpha value is -3.88. The van der Waals surface area contributed by atoms with E-state index in [0.29, 0.717) is 39.8 Å². The van der Waals surface area contributed by atoms with Crippen LogP contribution in [0, 0.1) is 6.92 Å². The summed E-state index contributed by atoms with van der Waals surface area (Å²) < 4.78 is 72.9. The summed E-state index contributed by atoms with van der Waals surface area (Å²) in [7, 11) is -5.66. The Labute approximate surface area is 263 Å². The molecule has 5 aromatic rings. The Morgan fingerprint density at radius 3 is 2.59 bits per heavy atom. The molecule has 0 fully saturated rings. The zero-order chi connectivity index (χ0) is 31.8. The average molecular weight is 709 g/mol. The van der Waals surface area contributed by atoms with E-state index in [-0.39, 0.29) is 29.0 Å². The number of rotatable bonds is 10. The van der Waals surface area contributed by atoms with Gasteiger partial charge in [0.05, 0.1) is 21.5 Å². The second-order valence-corrected chi connectivity index (χ2v) is 13.3. The molecule has 8 nitrogen and oxygen atoms in total. The topological polar surface area (TPSA) is 114 Å². The van der Waals surface area contributed by atoms with Gasteiger partial charge in [-0.2, -0.15) is 21.6 Å². The molecule has 0 amide bonds. The number of aromatic nitrogens is 2. The molecule has 0 saturated heterocycles. The number of furan rings is 1. The van der Waals surface area contributed by atoms with Gasteiger partial charge < -0.3 is 14.1 Å². The number of imidazole rings is 1. The Balaban J connectivity index is 1.53. The lowest BCUT2D eigenvalue weighted by molar-refractivity contribution is -0.132. The van der Waals surface area contributed by atoms with Crippen LogP contribution >= 0.6 is 27.3 Å². The summed E-state index contributed by atoms with van der Waals surface area (Å²) in [5, 5.41) is 12.4. The van der Waals surface area contributed by atoms with Gasteiger partial charge in [0, 0.05) is 40.8 Å². The van der Waals surface area contributed by atoms with Crippen LogP contribution in [0.3, 0.4) is 0 Å². The van der Waals surface area contributed by atoms with Gasteiger partial charge in [0.2, 0.25) is 0 Å². The molecule has 0 saturated carbocycles. The van der Waals surface area contributed by atoms with E-state index in [2.05, 4.69) is 20.9 Å². The summed E-state index contributed by atoms with van der Waals surface area (Å²) in [4.78, 5) is 17.7. The standard InChI is InChI=1S/C30H25BrF3N3O5S2/c1-3-26-35-17(2)24(15-19(29(38)39)14-20-7-6-12-43-20)37(26)16-18-10-11-25-22(13-18)27(31)28(42-25)21-8-4-5-9-23(21)36-44(40,41)30(32,33)34/h4-13,15,36H,3,14,16H2,1-2H3,(H,38,39)/b19-15+. The molecular weight excluding hydrogens is 683 g/mol. The maximum Gasteiger partial charge on any atom is 0.516 e. The number of thiophene rings is 1. The van der Waals surface area contributed by atoms with E-state index in [9.17, 15) is 31.5 Å². The summed E-state index contributed by atoms with van der Waals surface area (Å²) in [5.41, 5.74) is -2.82. The minimum Gasteiger partial charge on any atom is -0.478 e. The number of hydrogen-bond acceptors (Lipinski definition) is 6. The number of anilines is 1. The van der Waals surface area contributed by atoms with E-state index < -0.39 is 21.5 Å². The van der Waals surface area contributed by atoms with Crippen molar-refractivity contribution in [1.29, 1.82) is 0 Å². The van der Waals surface area contributed by atoms with Crippen molar-refractivity contribution >= 4 is 66.0 Å². The first-order valence-corrected chi connectivity index (χ1v) is 16.4. The second kappa shape index (κ2) is 12.3. The molecule has 0 unspecified atom stereocenters. The highest BCUT2D eigenvalue weighted by Crippen LogP contribution is 2.42. The molecule has 14 heteroatoms. The predicted octanol–water partition coefficient (Wildman–Crippen LogP) is 8.01. The molecule has 0 spiro atoms. The fourth-order valence-corrected chi connectivity index (χ4v) is 6.69. The summed E-state index contributed by atoms with van der Waals surface area (Å²) in [5.74, 6) is -0.0983. The van der Waals surface area contributed by atoms with Gasteiger partial charge in [-0.1, -0.05) is 31.2 Å². The van der Waals surface area contributed by atoms with Crippen molar-refractivity contribution in [3.8, 4) is 11.3 Å². The lowest BCUT2D eigenvalue weighted by Crippen LogP contribution is -2.30. The first-order valence-electron chi connectivity index (χ1n) is 13.2. The molecule has 0 aliphatic rings. The lowest BCUT2D eigenvalue weighted by atomic mass is 10.1. The molecule has 0 aliphatic heterocycles. The molecule has 0 atom stereocenters. The fourth-order valence-electron chi connectivity index (χ4n) is 4.77. The van der Waals surface area contributed by atoms with Crippen LogP contribution in [0.1, 0.15) is 34.6 Å². The third-order valence-electron chi connectivity index (χ3n) is 6.87. The van der Waals surface area contributed by atoms with Crippen LogP contribution in [-0.4, -0.2) is 34.6 Å². The number of alkyl halides is 3. The highest BCUT2D eigenvalue weighted by molar-refractivity contribution is 9.10. The minimum atomic E-state index is -5.66. The normalized spacial score (nSPS) is 12.6. The first-order chi connectivity index (χ1) is 20.8. The van der Waals surface area contributed by atoms with Crippen LogP contribution in [0.5, 0.6) is 0 Å². The number of sulfonamides is 1. The number of carboxylic acid groups (broad SMARTS) is 1. The molecule has 3 aromatic heterocycles. The minimum absolute atomic E-state index is 0.114. The third kappa shape index (κ3) is 6.33. The number of carboxylic acids is 1. The summed E-state index contributed by atoms with van der Waals surface area (Å²) in [6, 6.07) is 14.8. The van der Waals surface area contributed by atoms with E-state index in [1.807, 2.05) is 48.1 Å². The van der Waals surface area contributed by atoms with Crippen molar-refractivity contribution in [2.24, 2.45) is 0 Å². The van der Waals surface area contributed by atoms with Crippen molar-refractivity contribution in [2.75, 3.05) is 4.72 Å². The predicted molar refractivity (Wildman–Crippen MR) is 167 cm³/mol. The van der Waals surface area contributed by atoms with Crippen LogP contribution in [0.25, 0.3) is 28.4 Å². The van der Waals surface area contributed by atoms with Gasteiger partial charge in [-0.25, -0.2) is 9.78 Å². The van der Waals surface area contributed by atoms with Crippen molar-refractivity contribution in [3.05, 3.63) is 97.7 Å². The van der Waals surface area contributed by atoms with Gasteiger partial charge in [0.1, 0.15) is 11.4 Å². The summed E-state index contributed by atoms with van der Waals surface area (Å²) in [6.45, 7) is 4.15. The molecule has 2 aromatic carbocycles. The highest BCUT2D eigenvalue weighted by Gasteiger charge is 2.46. The van der Waals surface area contributed by atoms with Gasteiger partial charge in [0.15, 0.2) is 5.76 Å². The van der Waals surface area contributed by atoms with Gasteiger partial charge in [-0.3, -0.25) is 4.72 Å². The van der Waals surface area contributed by atoms with Gasteiger partial charge in [0.25, 0.3) is 0 Å². The molecule has 0 radical (unpaired) electrons. The number of nitrogens with one attached hydrogen (secondary N) is 1. The van der Waals surface area contributed by atoms with E-state index in [1.165, 1.54) is 29.5 Å². The number of hydrogen-bond donors (Lipinski definition) is 2. The first kappa shape index (κ1) is 31.5. The highest BCUT2D eigenvalue weighted by atomic mass is 79.9. The number of nitrogens with zero attached hydrogens (tertiary/aromatic N) is 2. The van der Waals surface area contributed by atoms with Crippen LogP contribution in [0.4, 0.5) is 18.9 Å². The number of para-hydroxylation sites is 1. The number of carbonyl (C=O) groups is 1. The molecule has 0 aliphatic carbocycles. The monoisotopic (exact) mass is 707 g/mol. The third-order valence-corrected chi connectivity index (χ3v) is 9.63. The molecule has 5 rings (SSSR count). The molecule has 230 valence electrons. The van der Waals surface area contributed by atoms with Gasteiger partial charge in [-0.05, 0) is 70.2 Å². The number of aliphatic carboxylic acids is 1. The molecule has 0 bridgehead atoms. The number of fused-ring (bicyclic) bond motifs is 1. The van der Waals surface area contributed by atoms with E-state index in [0.717, 1.165) is 16.3 Å². The largest absolute Gasteiger partial charge is 0.516 e. The van der Waals surface area contributed by atoms with Crippen molar-refractivity contribution in [2.45, 2.75) is 38.7 Å². The average Bonchev–Trinajstić information content (AvgIpc) is 3.67. The number of halogens is 4. The van der Waals surface area contributed by atoms with Crippen molar-refractivity contribution in [3.63, 3.8) is 0 Å². The van der Waals surface area contributed by atoms with Crippen LogP contribution in [0.15, 0.2) is 74.4 Å². The Morgan fingerprint density at radius 1 is 1.18 bits per heavy atom. The van der Waals surface area contributed by atoms with E-state index in [1.54, 1.807) is 22.9 Å². The Kier molecular flexibility index (Phi) is 8.78. The number of aryl methyl sites for hydroxylation is 2. The molecule has 2 N–H and O–H groups in total. The maximum absolute atomic E-state index is 13.1.